The van der Waals surface area contributed by atoms with Crippen molar-refractivity contribution in [2.75, 3.05) is 45.0 Å². The van der Waals surface area contributed by atoms with Gasteiger partial charge in [-0.1, -0.05) is 60.2 Å². The van der Waals surface area contributed by atoms with Crippen molar-refractivity contribution in [1.82, 2.24) is 14.1 Å². The molecule has 1 saturated heterocycles. The van der Waals surface area contributed by atoms with Gasteiger partial charge in [-0.3, -0.25) is 4.79 Å². The molecule has 2 aliphatic heterocycles. The average Bonchev–Trinajstić information content (AvgIpc) is 3.00. The van der Waals surface area contributed by atoms with Crippen LogP contribution in [0, 0.1) is 0 Å². The smallest absolute Gasteiger partial charge is 0.410 e. The van der Waals surface area contributed by atoms with Crippen LogP contribution in [0.3, 0.4) is 0 Å². The predicted molar refractivity (Wildman–Crippen MR) is 176 cm³/mol. The van der Waals surface area contributed by atoms with Crippen LogP contribution in [0.5, 0.6) is 0 Å². The first-order valence-electron chi connectivity index (χ1n) is 14.8. The number of rotatable bonds is 6. The molecule has 0 spiro atoms. The normalized spacial score (nSPS) is 16.8. The first kappa shape index (κ1) is 31.8. The van der Waals surface area contributed by atoms with Gasteiger partial charge in [-0.2, -0.15) is 4.31 Å². The zero-order valence-corrected chi connectivity index (χ0v) is 26.9. The van der Waals surface area contributed by atoms with Crippen LogP contribution in [0.1, 0.15) is 48.7 Å². The molecule has 0 aromatic heterocycles. The molecule has 0 aliphatic carbocycles. The number of nitrogens with zero attached hydrogens (tertiary/aromatic N) is 3. The van der Waals surface area contributed by atoms with E-state index in [-0.39, 0.29) is 30.8 Å². The van der Waals surface area contributed by atoms with E-state index in [1.54, 1.807) is 15.9 Å². The molecule has 3 aromatic rings. The largest absolute Gasteiger partial charge is 0.444 e. The Labute approximate surface area is 264 Å². The summed E-state index contributed by atoms with van der Waals surface area (Å²) in [5.74, 6) is -0.216. The molecule has 0 saturated carbocycles. The van der Waals surface area contributed by atoms with Gasteiger partial charge in [0.2, 0.25) is 10.0 Å². The van der Waals surface area contributed by atoms with Crippen molar-refractivity contribution < 1.29 is 22.7 Å². The predicted octanol–water partition coefficient (Wildman–Crippen LogP) is 6.32. The van der Waals surface area contributed by atoms with Gasteiger partial charge in [-0.25, -0.2) is 13.2 Å². The van der Waals surface area contributed by atoms with Crippen LogP contribution in [0.4, 0.5) is 4.79 Å². The molecule has 3 aromatic carbocycles. The molecule has 0 bridgehead atoms. The lowest BCUT2D eigenvalue weighted by molar-refractivity contribution is 0.0270. The summed E-state index contributed by atoms with van der Waals surface area (Å²) in [6, 6.07) is 19.1. The highest BCUT2D eigenvalue weighted by molar-refractivity contribution is 7.89. The SMILES string of the molecule is CC(C)(C)OC(=O)N1CC=C(c2ccc(C(=O)N3CCN(S(=O)(=O)CC=Cc4ccc5cc(Cl)ccc5c4)CC3)cc2)CC1. The van der Waals surface area contributed by atoms with E-state index in [0.29, 0.717) is 43.2 Å². The van der Waals surface area contributed by atoms with Gasteiger partial charge >= 0.3 is 6.09 Å². The molecule has 0 atom stereocenters. The van der Waals surface area contributed by atoms with E-state index in [1.165, 1.54) is 4.31 Å². The van der Waals surface area contributed by atoms with Crippen LogP contribution in [0.2, 0.25) is 5.02 Å². The Balaban J connectivity index is 1.11. The average molecular weight is 636 g/mol. The van der Waals surface area contributed by atoms with Crippen LogP contribution in [0.25, 0.3) is 22.4 Å². The number of hydrogen-bond donors (Lipinski definition) is 0. The number of halogens is 1. The van der Waals surface area contributed by atoms with E-state index in [0.717, 1.165) is 27.5 Å². The Hall–Kier alpha value is -3.66. The van der Waals surface area contributed by atoms with Crippen LogP contribution >= 0.6 is 11.6 Å². The lowest BCUT2D eigenvalue weighted by Gasteiger charge is -2.34. The van der Waals surface area contributed by atoms with Crippen LogP contribution in [-0.4, -0.2) is 85.1 Å². The molecular formula is C34H38ClN3O5S. The van der Waals surface area contributed by atoms with Crippen molar-refractivity contribution in [1.29, 1.82) is 0 Å². The number of carbonyl (C=O) groups is 2. The minimum atomic E-state index is -3.50. The van der Waals surface area contributed by atoms with E-state index < -0.39 is 15.6 Å². The van der Waals surface area contributed by atoms with Gasteiger partial charge in [-0.15, -0.1) is 0 Å². The fraction of sp³-hybridized carbons (Fsp3) is 0.353. The van der Waals surface area contributed by atoms with Crippen molar-refractivity contribution in [3.63, 3.8) is 0 Å². The van der Waals surface area contributed by atoms with Crippen molar-refractivity contribution in [2.24, 2.45) is 0 Å². The van der Waals surface area contributed by atoms with Crippen molar-refractivity contribution in [3.8, 4) is 0 Å². The lowest BCUT2D eigenvalue weighted by atomic mass is 9.98. The van der Waals surface area contributed by atoms with E-state index in [1.807, 2.05) is 93.6 Å². The molecule has 10 heteroatoms. The highest BCUT2D eigenvalue weighted by Crippen LogP contribution is 2.25. The Morgan fingerprint density at radius 3 is 2.23 bits per heavy atom. The maximum Gasteiger partial charge on any atom is 0.410 e. The highest BCUT2D eigenvalue weighted by Gasteiger charge is 2.29. The molecule has 1 fully saturated rings. The number of amides is 2. The third kappa shape index (κ3) is 7.88. The second-order valence-electron chi connectivity index (χ2n) is 12.1. The van der Waals surface area contributed by atoms with Crippen LogP contribution in [0.15, 0.2) is 72.8 Å². The maximum absolute atomic E-state index is 13.2. The van der Waals surface area contributed by atoms with Crippen molar-refractivity contribution >= 4 is 56.0 Å². The molecule has 0 radical (unpaired) electrons. The summed E-state index contributed by atoms with van der Waals surface area (Å²) in [6.45, 7) is 7.81. The molecule has 0 unspecified atom stereocenters. The van der Waals surface area contributed by atoms with E-state index in [9.17, 15) is 18.0 Å². The number of carbonyl (C=O) groups excluding carboxylic acids is 2. The zero-order chi connectivity index (χ0) is 31.5. The second-order valence-corrected chi connectivity index (χ2v) is 14.6. The standard InChI is InChI=1S/C34H38ClN3O5S/c1-34(2,3)43-33(40)37-16-14-27(15-17-37)26-8-10-28(11-9-26)32(39)36-18-20-38(21-19-36)44(41,42)22-4-5-25-6-7-30-24-31(35)13-12-29(30)23-25/h4-14,23-24H,15-22H2,1-3H3. The third-order valence-corrected chi connectivity index (χ3v) is 9.73. The summed E-state index contributed by atoms with van der Waals surface area (Å²) in [5, 5.41) is 2.74. The van der Waals surface area contributed by atoms with Gasteiger partial charge in [0.25, 0.3) is 5.91 Å². The monoisotopic (exact) mass is 635 g/mol. The maximum atomic E-state index is 13.2. The molecule has 5 rings (SSSR count). The van der Waals surface area contributed by atoms with Crippen molar-refractivity contribution in [3.05, 3.63) is 94.5 Å². The summed E-state index contributed by atoms with van der Waals surface area (Å²) >= 11 is 6.06. The lowest BCUT2D eigenvalue weighted by Crippen LogP contribution is -2.50. The topological polar surface area (TPSA) is 87.2 Å². The van der Waals surface area contributed by atoms with E-state index in [2.05, 4.69) is 0 Å². The molecule has 2 amide bonds. The molecular weight excluding hydrogens is 598 g/mol. The molecule has 0 N–H and O–H groups in total. The third-order valence-electron chi connectivity index (χ3n) is 7.73. The van der Waals surface area contributed by atoms with Gasteiger partial charge in [-0.05, 0) is 85.0 Å². The molecule has 2 heterocycles. The van der Waals surface area contributed by atoms with E-state index in [4.69, 9.17) is 16.3 Å². The minimum absolute atomic E-state index is 0.105. The Morgan fingerprint density at radius 1 is 0.886 bits per heavy atom. The van der Waals surface area contributed by atoms with Gasteiger partial charge < -0.3 is 14.5 Å². The minimum Gasteiger partial charge on any atom is -0.444 e. The highest BCUT2D eigenvalue weighted by atomic mass is 35.5. The summed E-state index contributed by atoms with van der Waals surface area (Å²) < 4.78 is 32.9. The number of piperazine rings is 1. The molecule has 8 nitrogen and oxygen atoms in total. The molecule has 44 heavy (non-hydrogen) atoms. The fourth-order valence-corrected chi connectivity index (χ4v) is 6.80. The number of sulfonamides is 1. The zero-order valence-electron chi connectivity index (χ0n) is 25.3. The number of fused-ring (bicyclic) bond motifs is 1. The number of hydrogen-bond acceptors (Lipinski definition) is 5. The van der Waals surface area contributed by atoms with Gasteiger partial charge in [0.1, 0.15) is 5.60 Å². The van der Waals surface area contributed by atoms with Gasteiger partial charge in [0.15, 0.2) is 0 Å². The number of benzene rings is 3. The van der Waals surface area contributed by atoms with Crippen molar-refractivity contribution in [2.45, 2.75) is 32.8 Å². The summed E-state index contributed by atoms with van der Waals surface area (Å²) in [4.78, 5) is 28.9. The summed E-state index contributed by atoms with van der Waals surface area (Å²) in [6.07, 6.45) is 5.90. The fourth-order valence-electron chi connectivity index (χ4n) is 5.35. The first-order chi connectivity index (χ1) is 20.9. The quantitative estimate of drug-likeness (QED) is 0.316. The second kappa shape index (κ2) is 13.1. The van der Waals surface area contributed by atoms with Crippen LogP contribution in [-0.2, 0) is 14.8 Å². The molecule has 2 aliphatic rings. The summed E-state index contributed by atoms with van der Waals surface area (Å²) in [7, 11) is -3.50. The number of ether oxygens (including phenoxy) is 1. The van der Waals surface area contributed by atoms with Gasteiger partial charge in [0, 0.05) is 49.9 Å². The Bertz CT molecular complexity index is 1700. The van der Waals surface area contributed by atoms with Gasteiger partial charge in [0.05, 0.1) is 5.75 Å². The van der Waals surface area contributed by atoms with Crippen LogP contribution < -0.4 is 0 Å². The molecule has 232 valence electrons. The van der Waals surface area contributed by atoms with E-state index >= 15 is 0 Å². The first-order valence-corrected chi connectivity index (χ1v) is 16.8. The summed E-state index contributed by atoms with van der Waals surface area (Å²) in [5.41, 5.74) is 3.10. The Morgan fingerprint density at radius 2 is 1.57 bits per heavy atom. The Kier molecular flexibility index (Phi) is 9.48.